The van der Waals surface area contributed by atoms with Crippen molar-refractivity contribution in [1.82, 2.24) is 4.57 Å². The third-order valence-corrected chi connectivity index (χ3v) is 2.71. The quantitative estimate of drug-likeness (QED) is 0.771. The maximum atomic E-state index is 11.7. The molecular weight excluding hydrogens is 208 g/mol. The van der Waals surface area contributed by atoms with Crippen molar-refractivity contribution in [3.63, 3.8) is 0 Å². The van der Waals surface area contributed by atoms with Gasteiger partial charge in [-0.2, -0.15) is 0 Å². The van der Waals surface area contributed by atoms with Gasteiger partial charge in [-0.15, -0.1) is 0 Å². The van der Waals surface area contributed by atoms with E-state index in [-0.39, 0.29) is 5.97 Å². The number of nitrogens with zero attached hydrogens (tertiary/aromatic N) is 1. The van der Waals surface area contributed by atoms with Crippen LogP contribution in [0.2, 0.25) is 0 Å². The van der Waals surface area contributed by atoms with Crippen LogP contribution in [0.5, 0.6) is 0 Å². The second-order valence-electron chi connectivity index (χ2n) is 4.10. The first-order chi connectivity index (χ1) is 7.66. The molecule has 1 aromatic heterocycles. The van der Waals surface area contributed by atoms with Crippen molar-refractivity contribution in [2.24, 2.45) is 13.0 Å². The number of ether oxygens (including phenoxy) is 2. The Morgan fingerprint density at radius 1 is 1.75 bits per heavy atom. The van der Waals surface area contributed by atoms with E-state index in [9.17, 15) is 4.79 Å². The van der Waals surface area contributed by atoms with Gasteiger partial charge in [-0.3, -0.25) is 0 Å². The molecule has 88 valence electrons. The Morgan fingerprint density at radius 3 is 3.12 bits per heavy atom. The minimum atomic E-state index is -0.328. The molecule has 1 aliphatic rings. The van der Waals surface area contributed by atoms with Crippen LogP contribution in [0.15, 0.2) is 12.3 Å². The molecule has 0 spiro atoms. The summed E-state index contributed by atoms with van der Waals surface area (Å²) in [5, 5.41) is 0. The Balaban J connectivity index is 1.90. The standard InChI is InChI=1S/C11H16N2O3/c1-13-5-9(12)4-10(13)11(14)16-7-8-2-3-15-6-8/h4-5,8H,2-3,6-7,12H2,1H3. The van der Waals surface area contributed by atoms with E-state index in [2.05, 4.69) is 0 Å². The fourth-order valence-corrected chi connectivity index (χ4v) is 1.78. The van der Waals surface area contributed by atoms with Crippen molar-refractivity contribution in [2.45, 2.75) is 6.42 Å². The zero-order chi connectivity index (χ0) is 11.5. The molecular formula is C11H16N2O3. The van der Waals surface area contributed by atoms with Crippen molar-refractivity contribution in [3.8, 4) is 0 Å². The fourth-order valence-electron chi connectivity index (χ4n) is 1.78. The number of esters is 1. The number of hydrogen-bond donors (Lipinski definition) is 1. The molecule has 1 atom stereocenters. The summed E-state index contributed by atoms with van der Waals surface area (Å²) in [6.45, 7) is 1.87. The summed E-state index contributed by atoms with van der Waals surface area (Å²) < 4.78 is 12.1. The van der Waals surface area contributed by atoms with Gasteiger partial charge in [0.15, 0.2) is 0 Å². The SMILES string of the molecule is Cn1cc(N)cc1C(=O)OCC1CCOC1. The highest BCUT2D eigenvalue weighted by molar-refractivity contribution is 5.89. The van der Waals surface area contributed by atoms with Crippen LogP contribution in [0, 0.1) is 5.92 Å². The van der Waals surface area contributed by atoms with Gasteiger partial charge in [0, 0.05) is 25.8 Å². The van der Waals surface area contributed by atoms with Gasteiger partial charge < -0.3 is 19.8 Å². The smallest absolute Gasteiger partial charge is 0.355 e. The summed E-state index contributed by atoms with van der Waals surface area (Å²) in [6.07, 6.45) is 2.65. The van der Waals surface area contributed by atoms with Crippen molar-refractivity contribution in [2.75, 3.05) is 25.6 Å². The average molecular weight is 224 g/mol. The second kappa shape index (κ2) is 4.57. The van der Waals surface area contributed by atoms with E-state index >= 15 is 0 Å². The van der Waals surface area contributed by atoms with E-state index in [0.717, 1.165) is 13.0 Å². The highest BCUT2D eigenvalue weighted by atomic mass is 16.5. The summed E-state index contributed by atoms with van der Waals surface area (Å²) >= 11 is 0. The molecule has 1 fully saturated rings. The Kier molecular flexibility index (Phi) is 3.14. The number of nitrogen functional groups attached to an aromatic ring is 1. The molecule has 1 aliphatic heterocycles. The Labute approximate surface area is 94.1 Å². The topological polar surface area (TPSA) is 66.5 Å². The first-order valence-corrected chi connectivity index (χ1v) is 5.33. The number of hydrogen-bond acceptors (Lipinski definition) is 4. The first kappa shape index (κ1) is 11.0. The second-order valence-corrected chi connectivity index (χ2v) is 4.10. The highest BCUT2D eigenvalue weighted by Crippen LogP contribution is 2.14. The predicted octanol–water partition coefficient (Wildman–Crippen LogP) is 0.801. The molecule has 1 saturated heterocycles. The van der Waals surface area contributed by atoms with Gasteiger partial charge in [-0.25, -0.2) is 4.79 Å². The van der Waals surface area contributed by atoms with Gasteiger partial charge in [-0.1, -0.05) is 0 Å². The van der Waals surface area contributed by atoms with Crippen LogP contribution in [0.4, 0.5) is 5.69 Å². The van der Waals surface area contributed by atoms with Gasteiger partial charge in [0.05, 0.1) is 18.9 Å². The molecule has 5 nitrogen and oxygen atoms in total. The molecule has 0 saturated carbocycles. The monoisotopic (exact) mass is 224 g/mol. The summed E-state index contributed by atoms with van der Waals surface area (Å²) in [5.41, 5.74) is 6.64. The van der Waals surface area contributed by atoms with Gasteiger partial charge in [0.1, 0.15) is 5.69 Å². The van der Waals surface area contributed by atoms with Crippen LogP contribution >= 0.6 is 0 Å². The zero-order valence-electron chi connectivity index (χ0n) is 9.31. The maximum Gasteiger partial charge on any atom is 0.355 e. The van der Waals surface area contributed by atoms with Gasteiger partial charge >= 0.3 is 5.97 Å². The van der Waals surface area contributed by atoms with Crippen molar-refractivity contribution in [3.05, 3.63) is 18.0 Å². The molecule has 16 heavy (non-hydrogen) atoms. The van der Waals surface area contributed by atoms with E-state index in [1.165, 1.54) is 0 Å². The van der Waals surface area contributed by atoms with Crippen LogP contribution in [-0.4, -0.2) is 30.4 Å². The number of carbonyl (C=O) groups excluding carboxylic acids is 1. The minimum absolute atomic E-state index is 0.328. The maximum absolute atomic E-state index is 11.7. The van der Waals surface area contributed by atoms with Crippen molar-refractivity contribution >= 4 is 11.7 Å². The molecule has 2 heterocycles. The third-order valence-electron chi connectivity index (χ3n) is 2.71. The lowest BCUT2D eigenvalue weighted by Crippen LogP contribution is -2.16. The predicted molar refractivity (Wildman–Crippen MR) is 59.0 cm³/mol. The zero-order valence-corrected chi connectivity index (χ0v) is 9.31. The molecule has 0 radical (unpaired) electrons. The number of nitrogens with two attached hydrogens (primary N) is 1. The lowest BCUT2D eigenvalue weighted by Gasteiger charge is -2.09. The third kappa shape index (κ3) is 2.36. The fraction of sp³-hybridized carbons (Fsp3) is 0.545. The van der Waals surface area contributed by atoms with E-state index < -0.39 is 0 Å². The lowest BCUT2D eigenvalue weighted by atomic mass is 10.1. The van der Waals surface area contributed by atoms with E-state index in [1.807, 2.05) is 0 Å². The Morgan fingerprint density at radius 2 is 2.56 bits per heavy atom. The summed E-state index contributed by atoms with van der Waals surface area (Å²) in [5.74, 6) is 0.00710. The van der Waals surface area contributed by atoms with Crippen LogP contribution in [-0.2, 0) is 16.5 Å². The number of aryl methyl sites for hydroxylation is 1. The van der Waals surface area contributed by atoms with Crippen LogP contribution in [0.1, 0.15) is 16.9 Å². The largest absolute Gasteiger partial charge is 0.461 e. The number of rotatable bonds is 3. The van der Waals surface area contributed by atoms with Gasteiger partial charge in [0.2, 0.25) is 0 Å². The molecule has 0 aliphatic carbocycles. The number of carbonyl (C=O) groups is 1. The van der Waals surface area contributed by atoms with Gasteiger partial charge in [-0.05, 0) is 12.5 Å². The van der Waals surface area contributed by atoms with Crippen molar-refractivity contribution in [1.29, 1.82) is 0 Å². The highest BCUT2D eigenvalue weighted by Gasteiger charge is 2.19. The molecule has 0 amide bonds. The van der Waals surface area contributed by atoms with Crippen molar-refractivity contribution < 1.29 is 14.3 Å². The molecule has 2 rings (SSSR count). The molecule has 1 unspecified atom stereocenters. The molecule has 5 heteroatoms. The average Bonchev–Trinajstić information content (AvgIpc) is 2.84. The van der Waals surface area contributed by atoms with Crippen LogP contribution in [0.25, 0.3) is 0 Å². The molecule has 0 bridgehead atoms. The van der Waals surface area contributed by atoms with E-state index in [1.54, 1.807) is 23.9 Å². The Hall–Kier alpha value is -1.49. The number of aromatic nitrogens is 1. The molecule has 1 aromatic rings. The Bertz CT molecular complexity index is 381. The molecule has 2 N–H and O–H groups in total. The summed E-state index contributed by atoms with van der Waals surface area (Å²) in [7, 11) is 1.77. The molecule has 0 aromatic carbocycles. The minimum Gasteiger partial charge on any atom is -0.461 e. The summed E-state index contributed by atoms with van der Waals surface area (Å²) in [6, 6.07) is 1.62. The van der Waals surface area contributed by atoms with Crippen LogP contribution in [0.3, 0.4) is 0 Å². The van der Waals surface area contributed by atoms with Gasteiger partial charge in [0.25, 0.3) is 0 Å². The normalized spacial score (nSPS) is 19.9. The lowest BCUT2D eigenvalue weighted by molar-refractivity contribution is 0.0417. The van der Waals surface area contributed by atoms with Crippen LogP contribution < -0.4 is 5.73 Å². The summed E-state index contributed by atoms with van der Waals surface area (Å²) in [4.78, 5) is 11.7. The van der Waals surface area contributed by atoms with E-state index in [0.29, 0.717) is 30.5 Å². The first-order valence-electron chi connectivity index (χ1n) is 5.33. The van der Waals surface area contributed by atoms with E-state index in [4.69, 9.17) is 15.2 Å². The number of anilines is 1.